The lowest BCUT2D eigenvalue weighted by atomic mass is 10.00. The fourth-order valence-electron chi connectivity index (χ4n) is 3.15. The van der Waals surface area contributed by atoms with Gasteiger partial charge in [0.15, 0.2) is 11.4 Å². The van der Waals surface area contributed by atoms with Gasteiger partial charge in [0.05, 0.1) is 17.2 Å². The third kappa shape index (κ3) is 2.73. The van der Waals surface area contributed by atoms with Crippen LogP contribution in [0.25, 0.3) is 0 Å². The van der Waals surface area contributed by atoms with Crippen LogP contribution in [0.5, 0.6) is 0 Å². The number of ether oxygens (including phenoxy) is 1. The van der Waals surface area contributed by atoms with Crippen molar-refractivity contribution in [2.45, 2.75) is 31.9 Å². The molecule has 1 aromatic rings. The van der Waals surface area contributed by atoms with Crippen LogP contribution < -0.4 is 4.90 Å². The number of aromatic nitrogens is 1. The minimum Gasteiger partial charge on any atom is -0.378 e. The number of methoxy groups -OCH3 is 1. The van der Waals surface area contributed by atoms with Gasteiger partial charge in [0, 0.05) is 32.8 Å². The number of anilines is 1. The molecule has 2 saturated heterocycles. The van der Waals surface area contributed by atoms with E-state index in [2.05, 4.69) is 14.8 Å². The Morgan fingerprint density at radius 2 is 2.30 bits per heavy atom. The maximum atomic E-state index is 11.1. The van der Waals surface area contributed by atoms with Crippen LogP contribution in [-0.4, -0.2) is 55.5 Å². The number of hydrogen-bond donors (Lipinski definition) is 0. The molecule has 1 atom stereocenters. The van der Waals surface area contributed by atoms with E-state index in [1.807, 2.05) is 0 Å². The summed E-state index contributed by atoms with van der Waals surface area (Å²) in [5, 5.41) is 0.976. The van der Waals surface area contributed by atoms with Crippen molar-refractivity contribution < 1.29 is 9.53 Å². The monoisotopic (exact) mass is 295 g/mol. The lowest BCUT2D eigenvalue weighted by Gasteiger charge is -2.44. The predicted octanol–water partition coefficient (Wildman–Crippen LogP) is 1.78. The SMILES string of the molecule is COCc1nc(N2CCN3CCCCC3C2)sc1C=O. The number of rotatable bonds is 4. The van der Waals surface area contributed by atoms with Gasteiger partial charge < -0.3 is 9.64 Å². The van der Waals surface area contributed by atoms with Crippen LogP contribution in [0.15, 0.2) is 0 Å². The molecule has 3 rings (SSSR count). The highest BCUT2D eigenvalue weighted by Crippen LogP contribution is 2.29. The number of fused-ring (bicyclic) bond motifs is 1. The van der Waals surface area contributed by atoms with E-state index >= 15 is 0 Å². The molecule has 0 aromatic carbocycles. The third-order valence-electron chi connectivity index (χ3n) is 4.21. The molecule has 110 valence electrons. The van der Waals surface area contributed by atoms with E-state index < -0.39 is 0 Å². The van der Waals surface area contributed by atoms with Gasteiger partial charge in [-0.25, -0.2) is 4.98 Å². The van der Waals surface area contributed by atoms with Crippen LogP contribution >= 0.6 is 11.3 Å². The lowest BCUT2D eigenvalue weighted by Crippen LogP contribution is -2.54. The van der Waals surface area contributed by atoms with Gasteiger partial charge in [0.1, 0.15) is 0 Å². The lowest BCUT2D eigenvalue weighted by molar-refractivity contribution is 0.112. The van der Waals surface area contributed by atoms with Gasteiger partial charge in [0.2, 0.25) is 0 Å². The zero-order valence-corrected chi connectivity index (χ0v) is 12.7. The zero-order chi connectivity index (χ0) is 13.9. The van der Waals surface area contributed by atoms with Gasteiger partial charge in [-0.05, 0) is 19.4 Å². The van der Waals surface area contributed by atoms with E-state index in [9.17, 15) is 4.79 Å². The number of nitrogens with zero attached hydrogens (tertiary/aromatic N) is 3. The average molecular weight is 295 g/mol. The molecule has 0 bridgehead atoms. The van der Waals surface area contributed by atoms with E-state index in [0.717, 1.165) is 36.7 Å². The second kappa shape index (κ2) is 6.20. The van der Waals surface area contributed by atoms with Crippen molar-refractivity contribution in [3.8, 4) is 0 Å². The second-order valence-corrected chi connectivity index (χ2v) is 6.50. The molecular weight excluding hydrogens is 274 g/mol. The van der Waals surface area contributed by atoms with Gasteiger partial charge in [-0.15, -0.1) is 0 Å². The Labute approximate surface area is 123 Å². The maximum Gasteiger partial charge on any atom is 0.186 e. The number of piperidine rings is 1. The predicted molar refractivity (Wildman–Crippen MR) is 79.6 cm³/mol. The first-order valence-electron chi connectivity index (χ1n) is 7.24. The summed E-state index contributed by atoms with van der Waals surface area (Å²) in [6.45, 7) is 4.81. The molecule has 0 N–H and O–H groups in total. The van der Waals surface area contributed by atoms with E-state index in [-0.39, 0.29) is 0 Å². The summed E-state index contributed by atoms with van der Waals surface area (Å²) >= 11 is 1.49. The molecule has 5 nitrogen and oxygen atoms in total. The summed E-state index contributed by atoms with van der Waals surface area (Å²) < 4.78 is 5.12. The van der Waals surface area contributed by atoms with E-state index in [4.69, 9.17) is 4.74 Å². The maximum absolute atomic E-state index is 11.1. The van der Waals surface area contributed by atoms with Crippen LogP contribution in [0.3, 0.4) is 0 Å². The summed E-state index contributed by atoms with van der Waals surface area (Å²) in [6, 6.07) is 0.659. The van der Waals surface area contributed by atoms with Crippen molar-refractivity contribution in [1.29, 1.82) is 0 Å². The van der Waals surface area contributed by atoms with Crippen molar-refractivity contribution in [2.75, 3.05) is 38.2 Å². The highest BCUT2D eigenvalue weighted by Gasteiger charge is 2.30. The topological polar surface area (TPSA) is 45.7 Å². The van der Waals surface area contributed by atoms with Gasteiger partial charge in [0.25, 0.3) is 0 Å². The Kier molecular flexibility index (Phi) is 4.33. The summed E-state index contributed by atoms with van der Waals surface area (Å²) in [5.41, 5.74) is 0.772. The number of carbonyl (C=O) groups excluding carboxylic acids is 1. The van der Waals surface area contributed by atoms with Crippen LogP contribution in [0, 0.1) is 0 Å². The highest BCUT2D eigenvalue weighted by atomic mass is 32.1. The largest absolute Gasteiger partial charge is 0.378 e. The van der Waals surface area contributed by atoms with Gasteiger partial charge in [-0.3, -0.25) is 9.69 Å². The fraction of sp³-hybridized carbons (Fsp3) is 0.714. The minimum atomic E-state index is 0.411. The molecule has 0 aliphatic carbocycles. The molecule has 0 radical (unpaired) electrons. The van der Waals surface area contributed by atoms with Gasteiger partial charge in [-0.1, -0.05) is 17.8 Å². The van der Waals surface area contributed by atoms with Gasteiger partial charge in [-0.2, -0.15) is 0 Å². The second-order valence-electron chi connectivity index (χ2n) is 5.49. The number of thiazole rings is 1. The molecule has 0 spiro atoms. The molecule has 1 aromatic heterocycles. The highest BCUT2D eigenvalue weighted by molar-refractivity contribution is 7.17. The number of piperazine rings is 1. The summed E-state index contributed by atoms with van der Waals surface area (Å²) in [7, 11) is 1.63. The van der Waals surface area contributed by atoms with Crippen LogP contribution in [-0.2, 0) is 11.3 Å². The van der Waals surface area contributed by atoms with Crippen LogP contribution in [0.2, 0.25) is 0 Å². The number of carbonyl (C=O) groups is 1. The fourth-order valence-corrected chi connectivity index (χ4v) is 4.07. The van der Waals surface area contributed by atoms with E-state index in [0.29, 0.717) is 17.5 Å². The van der Waals surface area contributed by atoms with Gasteiger partial charge >= 0.3 is 0 Å². The van der Waals surface area contributed by atoms with Crippen LogP contribution in [0.1, 0.15) is 34.6 Å². The molecule has 3 heterocycles. The van der Waals surface area contributed by atoms with Crippen LogP contribution in [0.4, 0.5) is 5.13 Å². The number of aldehydes is 1. The minimum absolute atomic E-state index is 0.411. The Morgan fingerprint density at radius 1 is 1.40 bits per heavy atom. The van der Waals surface area contributed by atoms with E-state index in [1.165, 1.54) is 37.1 Å². The molecule has 2 aliphatic heterocycles. The molecule has 2 aliphatic rings. The Hall–Kier alpha value is -0.980. The standard InChI is InChI=1S/C14H21N3O2S/c1-19-10-12-13(9-18)20-14(15-12)17-7-6-16-5-3-2-4-11(16)8-17/h9,11H,2-8,10H2,1H3. The zero-order valence-electron chi connectivity index (χ0n) is 11.9. The molecule has 20 heavy (non-hydrogen) atoms. The van der Waals surface area contributed by atoms with Crippen molar-refractivity contribution in [2.24, 2.45) is 0 Å². The molecule has 2 fully saturated rings. The Morgan fingerprint density at radius 3 is 3.10 bits per heavy atom. The first kappa shape index (κ1) is 14.0. The molecule has 6 heteroatoms. The Balaban J connectivity index is 1.74. The van der Waals surface area contributed by atoms with E-state index in [1.54, 1.807) is 7.11 Å². The van der Waals surface area contributed by atoms with Crippen molar-refractivity contribution in [1.82, 2.24) is 9.88 Å². The average Bonchev–Trinajstić information content (AvgIpc) is 2.90. The summed E-state index contributed by atoms with van der Waals surface area (Å²) in [5.74, 6) is 0. The number of hydrogen-bond acceptors (Lipinski definition) is 6. The molecule has 0 amide bonds. The molecular formula is C14H21N3O2S. The first-order chi connectivity index (χ1) is 9.81. The first-order valence-corrected chi connectivity index (χ1v) is 8.06. The van der Waals surface area contributed by atoms with Crippen molar-refractivity contribution in [3.63, 3.8) is 0 Å². The summed E-state index contributed by atoms with van der Waals surface area (Å²) in [4.78, 5) is 21.4. The normalized spacial score (nSPS) is 23.6. The van der Waals surface area contributed by atoms with Crippen molar-refractivity contribution >= 4 is 22.8 Å². The quantitative estimate of drug-likeness (QED) is 0.792. The van der Waals surface area contributed by atoms with Crippen molar-refractivity contribution in [3.05, 3.63) is 10.6 Å². The molecule has 0 saturated carbocycles. The Bertz CT molecular complexity index is 477. The third-order valence-corrected chi connectivity index (χ3v) is 5.30. The molecule has 1 unspecified atom stereocenters. The summed E-state index contributed by atoms with van der Waals surface area (Å²) in [6.07, 6.45) is 4.85. The smallest absolute Gasteiger partial charge is 0.186 e.